The summed E-state index contributed by atoms with van der Waals surface area (Å²) in [6.07, 6.45) is 0. The third-order valence-electron chi connectivity index (χ3n) is 3.11. The molecule has 1 heterocycles. The molecule has 110 valence electrons. The molecule has 0 unspecified atom stereocenters. The molecule has 0 radical (unpaired) electrons. The quantitative estimate of drug-likeness (QED) is 0.538. The van der Waals surface area contributed by atoms with Gasteiger partial charge in [-0.25, -0.2) is 4.98 Å². The van der Waals surface area contributed by atoms with Crippen LogP contribution in [0.15, 0.2) is 45.7 Å². The van der Waals surface area contributed by atoms with Crippen molar-refractivity contribution in [3.05, 3.63) is 61.3 Å². The van der Waals surface area contributed by atoms with Gasteiger partial charge in [0, 0.05) is 16.6 Å². The van der Waals surface area contributed by atoms with Gasteiger partial charge in [-0.3, -0.25) is 14.9 Å². The maximum atomic E-state index is 12.1. The van der Waals surface area contributed by atoms with Crippen LogP contribution in [0.5, 0.6) is 5.75 Å². The summed E-state index contributed by atoms with van der Waals surface area (Å²) in [7, 11) is 0. The van der Waals surface area contributed by atoms with Gasteiger partial charge in [-0.1, -0.05) is 15.9 Å². The van der Waals surface area contributed by atoms with Gasteiger partial charge in [-0.15, -0.1) is 0 Å². The van der Waals surface area contributed by atoms with E-state index in [1.807, 2.05) is 0 Å². The van der Waals surface area contributed by atoms with Gasteiger partial charge in [0.05, 0.1) is 21.4 Å². The fraction of sp³-hybridized carbons (Fsp3) is 0. The van der Waals surface area contributed by atoms with Crippen LogP contribution in [0.4, 0.5) is 5.69 Å². The number of benzene rings is 2. The number of H-pyrrole nitrogens is 1. The van der Waals surface area contributed by atoms with Crippen molar-refractivity contribution in [1.82, 2.24) is 9.97 Å². The lowest BCUT2D eigenvalue weighted by Crippen LogP contribution is -2.10. The Morgan fingerprint density at radius 2 is 2.00 bits per heavy atom. The van der Waals surface area contributed by atoms with Crippen LogP contribution in [-0.2, 0) is 0 Å². The van der Waals surface area contributed by atoms with Gasteiger partial charge in [0.2, 0.25) is 0 Å². The summed E-state index contributed by atoms with van der Waals surface area (Å²) < 4.78 is 0.715. The monoisotopic (exact) mass is 361 g/mol. The molecule has 0 amide bonds. The van der Waals surface area contributed by atoms with Gasteiger partial charge in [-0.05, 0) is 24.3 Å². The first-order valence-corrected chi connectivity index (χ1v) is 6.92. The summed E-state index contributed by atoms with van der Waals surface area (Å²) in [5.41, 5.74) is -0.0311. The fourth-order valence-electron chi connectivity index (χ4n) is 2.07. The predicted molar refractivity (Wildman–Crippen MR) is 83.8 cm³/mol. The number of non-ortho nitro benzene ring substituents is 1. The first-order valence-electron chi connectivity index (χ1n) is 6.13. The lowest BCUT2D eigenvalue weighted by Gasteiger charge is -2.06. The number of hydrogen-bond acceptors (Lipinski definition) is 5. The molecule has 0 saturated carbocycles. The van der Waals surface area contributed by atoms with Crippen molar-refractivity contribution in [2.24, 2.45) is 0 Å². The largest absolute Gasteiger partial charge is 0.507 e. The van der Waals surface area contributed by atoms with Gasteiger partial charge in [0.15, 0.2) is 0 Å². The Labute approximate surface area is 131 Å². The first kappa shape index (κ1) is 14.2. The van der Waals surface area contributed by atoms with Crippen molar-refractivity contribution in [2.75, 3.05) is 0 Å². The third kappa shape index (κ3) is 2.44. The number of nitrogens with one attached hydrogen (secondary N) is 1. The number of fused-ring (bicyclic) bond motifs is 1. The third-order valence-corrected chi connectivity index (χ3v) is 3.61. The summed E-state index contributed by atoms with van der Waals surface area (Å²) in [4.78, 5) is 29.1. The molecule has 7 nitrogen and oxygen atoms in total. The van der Waals surface area contributed by atoms with Crippen LogP contribution >= 0.6 is 15.9 Å². The molecule has 0 aliphatic carbocycles. The average molecular weight is 362 g/mol. The van der Waals surface area contributed by atoms with E-state index in [9.17, 15) is 20.0 Å². The Bertz CT molecular complexity index is 968. The molecule has 0 spiro atoms. The Hall–Kier alpha value is -2.74. The topological polar surface area (TPSA) is 109 Å². The van der Waals surface area contributed by atoms with Gasteiger partial charge >= 0.3 is 0 Å². The number of nitro benzene ring substituents is 1. The van der Waals surface area contributed by atoms with E-state index >= 15 is 0 Å². The SMILES string of the molecule is O=c1[nH]c(-c2cc(Br)ccc2O)nc2ccc([N+](=O)[O-])cc12. The number of nitrogens with zero attached hydrogens (tertiary/aromatic N) is 2. The van der Waals surface area contributed by atoms with Crippen molar-refractivity contribution in [1.29, 1.82) is 0 Å². The number of phenols is 1. The summed E-state index contributed by atoms with van der Waals surface area (Å²) >= 11 is 3.28. The molecule has 0 fully saturated rings. The van der Waals surface area contributed by atoms with Gasteiger partial charge in [0.25, 0.3) is 11.2 Å². The van der Waals surface area contributed by atoms with E-state index in [0.29, 0.717) is 15.6 Å². The molecule has 3 rings (SSSR count). The molecule has 22 heavy (non-hydrogen) atoms. The Kier molecular flexibility index (Phi) is 3.38. The highest BCUT2D eigenvalue weighted by molar-refractivity contribution is 9.10. The second-order valence-electron chi connectivity index (χ2n) is 4.53. The first-order chi connectivity index (χ1) is 10.5. The maximum absolute atomic E-state index is 12.1. The number of rotatable bonds is 2. The highest BCUT2D eigenvalue weighted by Crippen LogP contribution is 2.29. The number of hydrogen-bond donors (Lipinski definition) is 2. The van der Waals surface area contributed by atoms with E-state index in [0.717, 1.165) is 0 Å². The molecule has 1 aromatic heterocycles. The van der Waals surface area contributed by atoms with Crippen molar-refractivity contribution >= 4 is 32.5 Å². The Balaban J connectivity index is 2.26. The van der Waals surface area contributed by atoms with Crippen LogP contribution in [-0.4, -0.2) is 20.0 Å². The Morgan fingerprint density at radius 3 is 2.73 bits per heavy atom. The zero-order valence-electron chi connectivity index (χ0n) is 10.9. The number of aromatic hydroxyl groups is 1. The zero-order valence-corrected chi connectivity index (χ0v) is 12.5. The maximum Gasteiger partial charge on any atom is 0.270 e. The summed E-state index contributed by atoms with van der Waals surface area (Å²) in [6.45, 7) is 0. The number of aromatic amines is 1. The minimum absolute atomic E-state index is 0.0346. The second-order valence-corrected chi connectivity index (χ2v) is 5.45. The van der Waals surface area contributed by atoms with Crippen molar-refractivity contribution in [3.63, 3.8) is 0 Å². The van der Waals surface area contributed by atoms with E-state index < -0.39 is 10.5 Å². The molecule has 0 aliphatic rings. The normalized spacial score (nSPS) is 10.8. The second kappa shape index (κ2) is 5.23. The minimum Gasteiger partial charge on any atom is -0.507 e. The molecule has 0 atom stereocenters. The molecule has 3 aromatic rings. The van der Waals surface area contributed by atoms with Crippen LogP contribution in [0.3, 0.4) is 0 Å². The Morgan fingerprint density at radius 1 is 1.23 bits per heavy atom. The number of nitro groups is 1. The summed E-state index contributed by atoms with van der Waals surface area (Å²) in [6, 6.07) is 8.60. The van der Waals surface area contributed by atoms with Crippen molar-refractivity contribution in [2.45, 2.75) is 0 Å². The lowest BCUT2D eigenvalue weighted by molar-refractivity contribution is -0.384. The van der Waals surface area contributed by atoms with Crippen molar-refractivity contribution in [3.8, 4) is 17.1 Å². The summed E-state index contributed by atoms with van der Waals surface area (Å²) in [5.74, 6) is 0.151. The standard InChI is InChI=1S/C14H8BrN3O4/c15-7-1-4-12(19)10(5-7)13-16-11-3-2-8(18(21)22)6-9(11)14(20)17-13/h1-6,19H,(H,16,17,20). The fourth-order valence-corrected chi connectivity index (χ4v) is 2.43. The van der Waals surface area contributed by atoms with Gasteiger partial charge < -0.3 is 10.1 Å². The number of aromatic nitrogens is 2. The van der Waals surface area contributed by atoms with E-state index in [1.54, 1.807) is 12.1 Å². The van der Waals surface area contributed by atoms with Crippen LogP contribution in [0, 0.1) is 10.1 Å². The highest BCUT2D eigenvalue weighted by Gasteiger charge is 2.13. The van der Waals surface area contributed by atoms with Crippen LogP contribution in [0.25, 0.3) is 22.3 Å². The van der Waals surface area contributed by atoms with E-state index in [1.165, 1.54) is 24.3 Å². The molecule has 2 aromatic carbocycles. The molecular weight excluding hydrogens is 354 g/mol. The van der Waals surface area contributed by atoms with E-state index in [4.69, 9.17) is 0 Å². The van der Waals surface area contributed by atoms with Crippen molar-refractivity contribution < 1.29 is 10.0 Å². The molecule has 2 N–H and O–H groups in total. The number of halogens is 1. The number of phenolic OH excluding ortho intramolecular Hbond substituents is 1. The summed E-state index contributed by atoms with van der Waals surface area (Å²) in [5, 5.41) is 20.8. The van der Waals surface area contributed by atoms with Gasteiger partial charge in [0.1, 0.15) is 11.6 Å². The van der Waals surface area contributed by atoms with Gasteiger partial charge in [-0.2, -0.15) is 0 Å². The lowest BCUT2D eigenvalue weighted by atomic mass is 10.1. The van der Waals surface area contributed by atoms with E-state index in [-0.39, 0.29) is 22.6 Å². The van der Waals surface area contributed by atoms with Crippen LogP contribution in [0.1, 0.15) is 0 Å². The van der Waals surface area contributed by atoms with E-state index in [2.05, 4.69) is 25.9 Å². The molecule has 0 bridgehead atoms. The van der Waals surface area contributed by atoms with Crippen LogP contribution in [0.2, 0.25) is 0 Å². The molecule has 8 heteroatoms. The predicted octanol–water partition coefficient (Wildman–Crippen LogP) is 2.97. The molecule has 0 saturated heterocycles. The molecule has 0 aliphatic heterocycles. The molecular formula is C14H8BrN3O4. The average Bonchev–Trinajstić information content (AvgIpc) is 2.49. The smallest absolute Gasteiger partial charge is 0.270 e. The van der Waals surface area contributed by atoms with Crippen LogP contribution < -0.4 is 5.56 Å². The highest BCUT2D eigenvalue weighted by atomic mass is 79.9. The minimum atomic E-state index is -0.576. The zero-order chi connectivity index (χ0) is 15.9.